The zero-order valence-electron chi connectivity index (χ0n) is 5.51. The lowest BCUT2D eigenvalue weighted by Gasteiger charge is -2.07. The van der Waals surface area contributed by atoms with Gasteiger partial charge in [0.1, 0.15) is 0 Å². The molecule has 0 heterocycles. The van der Waals surface area contributed by atoms with E-state index in [9.17, 15) is 0 Å². The fourth-order valence-electron chi connectivity index (χ4n) is 0.378. The van der Waals surface area contributed by atoms with Gasteiger partial charge in [-0.05, 0) is 12.7 Å². The molecule has 0 aliphatic rings. The Labute approximate surface area is 59.5 Å². The zero-order chi connectivity index (χ0) is 7.33. The molecule has 0 saturated carbocycles. The second-order valence-electron chi connectivity index (χ2n) is 1.69. The Balaban J connectivity index is 4.02. The van der Waals surface area contributed by atoms with Crippen LogP contribution in [0, 0.1) is 22.7 Å². The van der Waals surface area contributed by atoms with Crippen molar-refractivity contribution in [3.63, 3.8) is 0 Å². The number of nitrogens with zero attached hydrogens (tertiary/aromatic N) is 2. The van der Waals surface area contributed by atoms with Crippen LogP contribution in [0.25, 0.3) is 0 Å². The van der Waals surface area contributed by atoms with Crippen LogP contribution in [0.4, 0.5) is 0 Å². The maximum Gasteiger partial charge on any atom is 0.186 e. The number of hydrogen-bond donors (Lipinski definition) is 0. The van der Waals surface area contributed by atoms with Crippen molar-refractivity contribution in [2.24, 2.45) is 0 Å². The van der Waals surface area contributed by atoms with Crippen LogP contribution in [0.1, 0.15) is 13.8 Å². The molecule has 2 nitrogen and oxygen atoms in total. The molecule has 9 heavy (non-hydrogen) atoms. The van der Waals surface area contributed by atoms with Gasteiger partial charge < -0.3 is 0 Å². The SMILES string of the molecule is CCSC(C)(C#N)C#N. The van der Waals surface area contributed by atoms with Crippen LogP contribution in [-0.2, 0) is 0 Å². The molecule has 0 saturated heterocycles. The van der Waals surface area contributed by atoms with Gasteiger partial charge in [0, 0.05) is 0 Å². The van der Waals surface area contributed by atoms with Gasteiger partial charge in [0.05, 0.1) is 12.1 Å². The van der Waals surface area contributed by atoms with Crippen LogP contribution in [0.3, 0.4) is 0 Å². The minimum Gasteiger partial charge on any atom is -0.196 e. The molecular weight excluding hydrogens is 132 g/mol. The first-order valence-electron chi connectivity index (χ1n) is 2.65. The summed E-state index contributed by atoms with van der Waals surface area (Å²) in [6.45, 7) is 3.55. The van der Waals surface area contributed by atoms with Gasteiger partial charge in [-0.1, -0.05) is 6.92 Å². The molecular formula is C6H8N2S. The fraction of sp³-hybridized carbons (Fsp3) is 0.667. The first-order valence-corrected chi connectivity index (χ1v) is 3.63. The van der Waals surface area contributed by atoms with E-state index < -0.39 is 4.75 Å². The zero-order valence-corrected chi connectivity index (χ0v) is 6.33. The second kappa shape index (κ2) is 3.37. The van der Waals surface area contributed by atoms with Crippen LogP contribution < -0.4 is 0 Å². The van der Waals surface area contributed by atoms with Gasteiger partial charge >= 0.3 is 0 Å². The summed E-state index contributed by atoms with van der Waals surface area (Å²) in [7, 11) is 0. The van der Waals surface area contributed by atoms with Crippen molar-refractivity contribution in [2.45, 2.75) is 18.6 Å². The van der Waals surface area contributed by atoms with Gasteiger partial charge in [0.25, 0.3) is 0 Å². The van der Waals surface area contributed by atoms with Gasteiger partial charge in [-0.15, -0.1) is 11.8 Å². The molecule has 0 radical (unpaired) electrons. The van der Waals surface area contributed by atoms with Crippen LogP contribution in [0.5, 0.6) is 0 Å². The summed E-state index contributed by atoms with van der Waals surface area (Å²) in [6, 6.07) is 3.86. The Morgan fingerprint density at radius 3 is 2.00 bits per heavy atom. The van der Waals surface area contributed by atoms with Crippen LogP contribution in [-0.4, -0.2) is 10.5 Å². The maximum absolute atomic E-state index is 8.42. The van der Waals surface area contributed by atoms with Gasteiger partial charge in [-0.25, -0.2) is 0 Å². The van der Waals surface area contributed by atoms with Crippen LogP contribution in [0.15, 0.2) is 0 Å². The largest absolute Gasteiger partial charge is 0.196 e. The van der Waals surface area contributed by atoms with Crippen molar-refractivity contribution in [2.75, 3.05) is 5.75 Å². The van der Waals surface area contributed by atoms with Crippen molar-refractivity contribution in [3.8, 4) is 12.1 Å². The van der Waals surface area contributed by atoms with Gasteiger partial charge in [0.2, 0.25) is 0 Å². The monoisotopic (exact) mass is 140 g/mol. The fourth-order valence-corrected chi connectivity index (χ4v) is 1.08. The predicted octanol–water partition coefficient (Wildman–Crippen LogP) is 1.55. The standard InChI is InChI=1S/C6H8N2S/c1-3-9-6(2,4-7)5-8/h3H2,1-2H3. The van der Waals surface area contributed by atoms with Crippen molar-refractivity contribution in [1.29, 1.82) is 10.5 Å². The molecule has 48 valence electrons. The number of hydrogen-bond acceptors (Lipinski definition) is 3. The minimum absolute atomic E-state index is 0.803. The number of nitriles is 2. The average Bonchev–Trinajstić information content (AvgIpc) is 1.89. The summed E-state index contributed by atoms with van der Waals surface area (Å²) in [5.74, 6) is 0.803. The molecule has 0 atom stereocenters. The lowest BCUT2D eigenvalue weighted by molar-refractivity contribution is 1.03. The van der Waals surface area contributed by atoms with E-state index in [1.54, 1.807) is 6.92 Å². The Bertz CT molecular complexity index is 149. The van der Waals surface area contributed by atoms with E-state index in [0.29, 0.717) is 0 Å². The lowest BCUT2D eigenvalue weighted by atomic mass is 10.2. The summed E-state index contributed by atoms with van der Waals surface area (Å²) >= 11 is 1.36. The Morgan fingerprint density at radius 1 is 1.44 bits per heavy atom. The third-order valence-electron chi connectivity index (χ3n) is 0.860. The van der Waals surface area contributed by atoms with Gasteiger partial charge in [-0.2, -0.15) is 10.5 Å². The summed E-state index contributed by atoms with van der Waals surface area (Å²) in [6.07, 6.45) is 0. The molecule has 0 fully saturated rings. The number of thioether (sulfide) groups is 1. The molecule has 0 amide bonds. The van der Waals surface area contributed by atoms with E-state index in [2.05, 4.69) is 0 Å². The lowest BCUT2D eigenvalue weighted by Crippen LogP contribution is -2.13. The molecule has 0 aliphatic heterocycles. The van der Waals surface area contributed by atoms with Gasteiger partial charge in [0.15, 0.2) is 4.75 Å². The highest BCUT2D eigenvalue weighted by atomic mass is 32.2. The quantitative estimate of drug-likeness (QED) is 0.584. The van der Waals surface area contributed by atoms with E-state index in [1.807, 2.05) is 19.1 Å². The third-order valence-corrected chi connectivity index (χ3v) is 1.91. The van der Waals surface area contributed by atoms with Crippen molar-refractivity contribution >= 4 is 11.8 Å². The highest BCUT2D eigenvalue weighted by molar-refractivity contribution is 8.01. The molecule has 3 heteroatoms. The third kappa shape index (κ3) is 2.39. The molecule has 0 N–H and O–H groups in total. The Morgan fingerprint density at radius 2 is 1.89 bits per heavy atom. The first-order chi connectivity index (χ1) is 4.18. The van der Waals surface area contributed by atoms with Gasteiger partial charge in [-0.3, -0.25) is 0 Å². The minimum atomic E-state index is -0.839. The van der Waals surface area contributed by atoms with E-state index in [1.165, 1.54) is 11.8 Å². The molecule has 0 unspecified atom stereocenters. The predicted molar refractivity (Wildman–Crippen MR) is 37.8 cm³/mol. The normalized spacial score (nSPS) is 9.78. The molecule has 0 aromatic carbocycles. The van der Waals surface area contributed by atoms with E-state index in [-0.39, 0.29) is 0 Å². The summed E-state index contributed by atoms with van der Waals surface area (Å²) in [5.41, 5.74) is 0. The molecule has 0 aromatic heterocycles. The smallest absolute Gasteiger partial charge is 0.186 e. The topological polar surface area (TPSA) is 47.6 Å². The summed E-state index contributed by atoms with van der Waals surface area (Å²) < 4.78 is -0.839. The molecule has 0 aliphatic carbocycles. The van der Waals surface area contributed by atoms with Crippen LogP contribution in [0.2, 0.25) is 0 Å². The average molecular weight is 140 g/mol. The van der Waals surface area contributed by atoms with Crippen molar-refractivity contribution in [1.82, 2.24) is 0 Å². The number of rotatable bonds is 2. The van der Waals surface area contributed by atoms with Crippen molar-refractivity contribution < 1.29 is 0 Å². The van der Waals surface area contributed by atoms with Crippen molar-refractivity contribution in [3.05, 3.63) is 0 Å². The van der Waals surface area contributed by atoms with E-state index in [0.717, 1.165) is 5.75 Å². The molecule has 0 rings (SSSR count). The highest BCUT2D eigenvalue weighted by Crippen LogP contribution is 2.21. The molecule has 0 aromatic rings. The summed E-state index contributed by atoms with van der Waals surface area (Å²) in [5, 5.41) is 16.8. The Hall–Kier alpha value is -0.670. The first kappa shape index (κ1) is 8.33. The summed E-state index contributed by atoms with van der Waals surface area (Å²) in [4.78, 5) is 0. The molecule has 0 spiro atoms. The maximum atomic E-state index is 8.42. The highest BCUT2D eigenvalue weighted by Gasteiger charge is 2.21. The molecule has 0 bridgehead atoms. The van der Waals surface area contributed by atoms with E-state index in [4.69, 9.17) is 10.5 Å². The van der Waals surface area contributed by atoms with Crippen LogP contribution >= 0.6 is 11.8 Å². The second-order valence-corrected chi connectivity index (χ2v) is 3.37. The Kier molecular flexibility index (Phi) is 3.12. The van der Waals surface area contributed by atoms with E-state index >= 15 is 0 Å².